The molecule has 2 aromatic heterocycles. The zero-order chi connectivity index (χ0) is 21.1. The number of H-pyrrole nitrogens is 1. The van der Waals surface area contributed by atoms with E-state index in [0.29, 0.717) is 27.4 Å². The highest BCUT2D eigenvalue weighted by Crippen LogP contribution is 2.33. The number of nitrogens with zero attached hydrogens (tertiary/aromatic N) is 2. The molecule has 7 nitrogen and oxygen atoms in total. The van der Waals surface area contributed by atoms with E-state index in [4.69, 9.17) is 5.11 Å². The maximum absolute atomic E-state index is 13.7. The molecule has 0 aliphatic rings. The molecule has 0 aliphatic heterocycles. The molecule has 0 saturated heterocycles. The number of aromatic amines is 1. The summed E-state index contributed by atoms with van der Waals surface area (Å²) in [4.78, 5) is 24.1. The molecule has 0 bridgehead atoms. The van der Waals surface area contributed by atoms with Crippen LogP contribution in [0.15, 0.2) is 48.0 Å². The van der Waals surface area contributed by atoms with Gasteiger partial charge in [0, 0.05) is 34.9 Å². The number of hydrogen-bond donors (Lipinski definition) is 4. The molecular formula is C20H17F2N5O2S. The molecule has 10 heteroatoms. The van der Waals surface area contributed by atoms with Crippen LogP contribution in [0.2, 0.25) is 0 Å². The predicted molar refractivity (Wildman–Crippen MR) is 112 cm³/mol. The first-order valence-electron chi connectivity index (χ1n) is 9.03. The zero-order valence-corrected chi connectivity index (χ0v) is 16.3. The van der Waals surface area contributed by atoms with Crippen LogP contribution in [0.4, 0.5) is 19.6 Å². The number of fused-ring (bicyclic) bond motifs is 1. The van der Waals surface area contributed by atoms with Crippen LogP contribution in [0.3, 0.4) is 0 Å². The van der Waals surface area contributed by atoms with E-state index in [-0.39, 0.29) is 36.0 Å². The van der Waals surface area contributed by atoms with E-state index in [1.54, 1.807) is 35.8 Å². The van der Waals surface area contributed by atoms with Crippen LogP contribution in [0.1, 0.15) is 22.3 Å². The van der Waals surface area contributed by atoms with Crippen molar-refractivity contribution in [1.29, 1.82) is 0 Å². The monoisotopic (exact) mass is 429 g/mol. The second-order valence-electron chi connectivity index (χ2n) is 6.33. The lowest BCUT2D eigenvalue weighted by Crippen LogP contribution is -2.12. The van der Waals surface area contributed by atoms with Gasteiger partial charge in [-0.25, -0.2) is 18.7 Å². The zero-order valence-electron chi connectivity index (χ0n) is 15.5. The molecule has 0 spiro atoms. The van der Waals surface area contributed by atoms with Crippen LogP contribution in [-0.4, -0.2) is 39.1 Å². The summed E-state index contributed by atoms with van der Waals surface area (Å²) in [6, 6.07) is 9.54. The Hall–Kier alpha value is -3.37. The van der Waals surface area contributed by atoms with Crippen LogP contribution < -0.4 is 10.6 Å². The summed E-state index contributed by atoms with van der Waals surface area (Å²) in [7, 11) is 0. The number of imidazole rings is 1. The maximum Gasteiger partial charge on any atom is 0.264 e. The number of halogens is 2. The quantitative estimate of drug-likeness (QED) is 0.351. The minimum atomic E-state index is -2.73. The van der Waals surface area contributed by atoms with Gasteiger partial charge in [0.1, 0.15) is 11.3 Å². The van der Waals surface area contributed by atoms with Crippen LogP contribution in [-0.2, 0) is 0 Å². The molecule has 2 heterocycles. The van der Waals surface area contributed by atoms with E-state index in [1.807, 2.05) is 0 Å². The van der Waals surface area contributed by atoms with E-state index in [9.17, 15) is 13.6 Å². The molecule has 4 rings (SSSR count). The molecule has 0 unspecified atom stereocenters. The molecule has 2 aromatic carbocycles. The Morgan fingerprint density at radius 1 is 1.27 bits per heavy atom. The SMILES string of the molecule is O=C(Nc1nccs1)c1cccc2[nH]c(-c3ccc(NCCO)cc3C(F)F)nc12. The first kappa shape index (κ1) is 19.9. The maximum atomic E-state index is 13.7. The second kappa shape index (κ2) is 8.56. The highest BCUT2D eigenvalue weighted by atomic mass is 32.1. The fraction of sp³-hybridized carbons (Fsp3) is 0.150. The van der Waals surface area contributed by atoms with Crippen LogP contribution >= 0.6 is 11.3 Å². The Morgan fingerprint density at radius 2 is 2.13 bits per heavy atom. The Balaban J connectivity index is 1.73. The summed E-state index contributed by atoms with van der Waals surface area (Å²) in [6.45, 7) is 0.144. The third-order valence-corrected chi connectivity index (χ3v) is 5.08. The highest BCUT2D eigenvalue weighted by Gasteiger charge is 2.20. The van der Waals surface area contributed by atoms with E-state index >= 15 is 0 Å². The average molecular weight is 429 g/mol. The average Bonchev–Trinajstić information content (AvgIpc) is 3.41. The Morgan fingerprint density at radius 3 is 2.87 bits per heavy atom. The van der Waals surface area contributed by atoms with Crippen molar-refractivity contribution in [3.05, 3.63) is 59.1 Å². The number of aromatic nitrogens is 3. The van der Waals surface area contributed by atoms with Gasteiger partial charge in [0.25, 0.3) is 12.3 Å². The Labute approximate surface area is 173 Å². The summed E-state index contributed by atoms with van der Waals surface area (Å²) in [5.74, 6) is -0.144. The van der Waals surface area contributed by atoms with Gasteiger partial charge in [-0.05, 0) is 30.3 Å². The van der Waals surface area contributed by atoms with Crippen molar-refractivity contribution >= 4 is 39.1 Å². The third kappa shape index (κ3) is 4.00. The molecule has 0 atom stereocenters. The summed E-state index contributed by atoms with van der Waals surface area (Å²) in [5.41, 5.74) is 1.75. The molecular weight excluding hydrogens is 412 g/mol. The standard InChI is InChI=1S/C20H17F2N5O2S/c21-17(22)14-10-11(23-6-8-28)4-5-12(14)18-25-15-3-1-2-13(16(15)26-18)19(29)27-20-24-7-9-30-20/h1-5,7,9-10,17,23,28H,6,8H2,(H,25,26)(H,24,27,29). The minimum absolute atomic E-state index is 0.110. The van der Waals surface area contributed by atoms with Gasteiger partial charge in [-0.1, -0.05) is 6.07 Å². The van der Waals surface area contributed by atoms with E-state index < -0.39 is 6.43 Å². The number of alkyl halides is 2. The van der Waals surface area contributed by atoms with Gasteiger partial charge in [0.2, 0.25) is 0 Å². The van der Waals surface area contributed by atoms with Gasteiger partial charge < -0.3 is 15.4 Å². The summed E-state index contributed by atoms with van der Waals surface area (Å²) in [6.07, 6.45) is -1.14. The number of carbonyl (C=O) groups is 1. The van der Waals surface area contributed by atoms with E-state index in [1.165, 1.54) is 23.5 Å². The number of rotatable bonds is 7. The lowest BCUT2D eigenvalue weighted by molar-refractivity contribution is 0.102. The summed E-state index contributed by atoms with van der Waals surface area (Å²) >= 11 is 1.29. The molecule has 4 aromatic rings. The number of nitrogens with one attached hydrogen (secondary N) is 3. The number of hydrogen-bond acceptors (Lipinski definition) is 6. The smallest absolute Gasteiger partial charge is 0.264 e. The fourth-order valence-corrected chi connectivity index (χ4v) is 3.59. The molecule has 0 saturated carbocycles. The number of carbonyl (C=O) groups excluding carboxylic acids is 1. The van der Waals surface area contributed by atoms with Gasteiger partial charge in [-0.15, -0.1) is 11.3 Å². The predicted octanol–water partition coefficient (Wildman–Crippen LogP) is 4.28. The normalized spacial score (nSPS) is 11.2. The van der Waals surface area contributed by atoms with Crippen molar-refractivity contribution < 1.29 is 18.7 Å². The van der Waals surface area contributed by atoms with Crippen LogP contribution in [0, 0.1) is 0 Å². The van der Waals surface area contributed by atoms with Gasteiger partial charge in [0.15, 0.2) is 5.13 Å². The van der Waals surface area contributed by atoms with Gasteiger partial charge in [-0.3, -0.25) is 10.1 Å². The van der Waals surface area contributed by atoms with Crippen LogP contribution in [0.5, 0.6) is 0 Å². The van der Waals surface area contributed by atoms with Crippen molar-refractivity contribution in [3.8, 4) is 11.4 Å². The number of aliphatic hydroxyl groups is 1. The number of thiazole rings is 1. The number of para-hydroxylation sites is 1. The number of anilines is 2. The number of aliphatic hydroxyl groups excluding tert-OH is 1. The van der Waals surface area contributed by atoms with Crippen molar-refractivity contribution in [2.24, 2.45) is 0 Å². The van der Waals surface area contributed by atoms with Crippen LogP contribution in [0.25, 0.3) is 22.4 Å². The van der Waals surface area contributed by atoms with Gasteiger partial charge in [0.05, 0.1) is 17.7 Å². The van der Waals surface area contributed by atoms with Crippen molar-refractivity contribution in [1.82, 2.24) is 15.0 Å². The lowest BCUT2D eigenvalue weighted by atomic mass is 10.1. The fourth-order valence-electron chi connectivity index (χ4n) is 3.06. The summed E-state index contributed by atoms with van der Waals surface area (Å²) < 4.78 is 27.4. The molecule has 0 aliphatic carbocycles. The molecule has 30 heavy (non-hydrogen) atoms. The summed E-state index contributed by atoms with van der Waals surface area (Å²) in [5, 5.41) is 16.7. The molecule has 0 fully saturated rings. The molecule has 1 amide bonds. The van der Waals surface area contributed by atoms with E-state index in [0.717, 1.165) is 0 Å². The van der Waals surface area contributed by atoms with Gasteiger partial charge >= 0.3 is 0 Å². The molecule has 154 valence electrons. The highest BCUT2D eigenvalue weighted by molar-refractivity contribution is 7.13. The minimum Gasteiger partial charge on any atom is -0.395 e. The number of benzene rings is 2. The van der Waals surface area contributed by atoms with Crippen molar-refractivity contribution in [2.45, 2.75) is 6.43 Å². The third-order valence-electron chi connectivity index (χ3n) is 4.39. The van der Waals surface area contributed by atoms with Gasteiger partial charge in [-0.2, -0.15) is 0 Å². The Kier molecular flexibility index (Phi) is 5.68. The molecule has 4 N–H and O–H groups in total. The van der Waals surface area contributed by atoms with Crippen molar-refractivity contribution in [2.75, 3.05) is 23.8 Å². The molecule has 0 radical (unpaired) electrons. The second-order valence-corrected chi connectivity index (χ2v) is 7.23. The largest absolute Gasteiger partial charge is 0.395 e. The Bertz CT molecular complexity index is 1180. The number of amides is 1. The topological polar surface area (TPSA) is 103 Å². The van der Waals surface area contributed by atoms with E-state index in [2.05, 4.69) is 25.6 Å². The first-order chi connectivity index (χ1) is 14.6. The lowest BCUT2D eigenvalue weighted by Gasteiger charge is -2.11. The first-order valence-corrected chi connectivity index (χ1v) is 9.91. The van der Waals surface area contributed by atoms with Crippen molar-refractivity contribution in [3.63, 3.8) is 0 Å².